The number of hydrogen-bond acceptors (Lipinski definition) is 3. The van der Waals surface area contributed by atoms with Gasteiger partial charge >= 0.3 is 0 Å². The number of carbonyl (C=O) groups excluding carboxylic acids is 2. The Kier molecular flexibility index (Phi) is 5.37. The predicted molar refractivity (Wildman–Crippen MR) is 81.6 cm³/mol. The molecule has 0 spiro atoms. The molecule has 3 N–H and O–H groups in total. The molecule has 0 saturated heterocycles. The molecule has 0 unspecified atom stereocenters. The van der Waals surface area contributed by atoms with Gasteiger partial charge < -0.3 is 15.5 Å². The highest BCUT2D eigenvalue weighted by Gasteiger charge is 2.37. The Morgan fingerprint density at radius 2 is 1.90 bits per heavy atom. The van der Waals surface area contributed by atoms with Crippen molar-refractivity contribution in [1.82, 2.24) is 5.32 Å². The summed E-state index contributed by atoms with van der Waals surface area (Å²) in [6.45, 7) is 11.3. The summed E-state index contributed by atoms with van der Waals surface area (Å²) in [4.78, 5) is 23.1. The van der Waals surface area contributed by atoms with E-state index in [0.29, 0.717) is 13.0 Å². The van der Waals surface area contributed by atoms with Crippen molar-refractivity contribution in [3.05, 3.63) is 0 Å². The van der Waals surface area contributed by atoms with E-state index in [9.17, 15) is 9.59 Å². The van der Waals surface area contributed by atoms with Crippen LogP contribution in [0.4, 0.5) is 0 Å². The fraction of sp³-hybridized carbons (Fsp3) is 0.857. The number of carbonyl (C=O) groups is 2. The van der Waals surface area contributed by atoms with Crippen LogP contribution in [0.1, 0.15) is 40.0 Å². The van der Waals surface area contributed by atoms with E-state index < -0.39 is 20.3 Å². The minimum Gasteiger partial charge on any atom is -0.417 e. The van der Waals surface area contributed by atoms with Gasteiger partial charge in [0.15, 0.2) is 8.32 Å². The summed E-state index contributed by atoms with van der Waals surface area (Å²) in [5, 5.41) is 2.86. The molecule has 0 bridgehead atoms. The van der Waals surface area contributed by atoms with Gasteiger partial charge in [-0.05, 0) is 37.4 Å². The van der Waals surface area contributed by atoms with E-state index in [1.54, 1.807) is 0 Å². The molecule has 1 rings (SSSR count). The smallest absolute Gasteiger partial charge is 0.240 e. The van der Waals surface area contributed by atoms with Gasteiger partial charge in [0, 0.05) is 12.5 Å². The number of nitrogens with two attached hydrogens (primary N) is 1. The van der Waals surface area contributed by atoms with Crippen LogP contribution in [0, 0.1) is 5.92 Å². The second-order valence-electron chi connectivity index (χ2n) is 7.14. The number of rotatable bonds is 7. The first-order valence-electron chi connectivity index (χ1n) is 7.28. The van der Waals surface area contributed by atoms with Crippen LogP contribution in [0.3, 0.4) is 0 Å². The lowest BCUT2D eigenvalue weighted by Gasteiger charge is -2.36. The molecule has 1 aliphatic rings. The van der Waals surface area contributed by atoms with Gasteiger partial charge in [0.1, 0.15) is 6.04 Å². The van der Waals surface area contributed by atoms with E-state index in [1.165, 1.54) is 0 Å². The van der Waals surface area contributed by atoms with Crippen LogP contribution in [0.25, 0.3) is 0 Å². The lowest BCUT2D eigenvalue weighted by atomic mass is 10.2. The van der Waals surface area contributed by atoms with Gasteiger partial charge in [0.25, 0.3) is 0 Å². The van der Waals surface area contributed by atoms with Crippen LogP contribution >= 0.6 is 0 Å². The molecule has 1 atom stereocenters. The van der Waals surface area contributed by atoms with Crippen molar-refractivity contribution in [2.24, 2.45) is 11.7 Å². The van der Waals surface area contributed by atoms with Crippen LogP contribution in [0.15, 0.2) is 0 Å². The summed E-state index contributed by atoms with van der Waals surface area (Å²) in [5.41, 5.74) is 5.34. The van der Waals surface area contributed by atoms with Crippen molar-refractivity contribution in [3.8, 4) is 0 Å². The van der Waals surface area contributed by atoms with E-state index in [2.05, 4.69) is 39.2 Å². The van der Waals surface area contributed by atoms with Crippen LogP contribution in [0.5, 0.6) is 0 Å². The van der Waals surface area contributed by atoms with E-state index in [1.807, 2.05) is 0 Å². The lowest BCUT2D eigenvalue weighted by molar-refractivity contribution is -0.128. The molecule has 0 aliphatic heterocycles. The molecule has 2 amide bonds. The van der Waals surface area contributed by atoms with Gasteiger partial charge in [-0.25, -0.2) is 0 Å². The molecule has 0 heterocycles. The Bertz CT molecular complexity index is 373. The number of hydrogen-bond donors (Lipinski definition) is 2. The van der Waals surface area contributed by atoms with Crippen molar-refractivity contribution in [1.29, 1.82) is 0 Å². The zero-order valence-electron chi connectivity index (χ0n) is 13.3. The zero-order chi connectivity index (χ0) is 15.6. The van der Waals surface area contributed by atoms with E-state index in [4.69, 9.17) is 10.2 Å². The van der Waals surface area contributed by atoms with Gasteiger partial charge in [0.05, 0.1) is 0 Å². The Balaban J connectivity index is 2.43. The molecule has 6 heteroatoms. The predicted octanol–water partition coefficient (Wildman–Crippen LogP) is 1.78. The molecular formula is C14H28N2O3Si. The van der Waals surface area contributed by atoms with Crippen LogP contribution in [-0.2, 0) is 14.0 Å². The number of amides is 2. The van der Waals surface area contributed by atoms with E-state index in [-0.39, 0.29) is 16.9 Å². The third-order valence-corrected chi connectivity index (χ3v) is 8.82. The molecule has 20 heavy (non-hydrogen) atoms. The topological polar surface area (TPSA) is 81.4 Å². The largest absolute Gasteiger partial charge is 0.417 e. The van der Waals surface area contributed by atoms with Crippen LogP contribution in [-0.4, -0.2) is 32.8 Å². The molecule has 1 fully saturated rings. The molecule has 0 aromatic carbocycles. The highest BCUT2D eigenvalue weighted by atomic mass is 28.4. The van der Waals surface area contributed by atoms with Gasteiger partial charge in [0.2, 0.25) is 11.8 Å². The third-order valence-electron chi connectivity index (χ3n) is 4.28. The van der Waals surface area contributed by atoms with E-state index in [0.717, 1.165) is 12.8 Å². The molecule has 0 aromatic heterocycles. The standard InChI is InChI=1S/C14H28N2O3Si/c1-14(2,3)20(4,5)19-9-8-11(12(15)17)16-13(18)10-6-7-10/h10-11H,6-9H2,1-5H3,(H2,15,17)(H,16,18)/t11-/m0/s1. The quantitative estimate of drug-likeness (QED) is 0.703. The minimum atomic E-state index is -1.82. The molecule has 0 aromatic rings. The summed E-state index contributed by atoms with van der Waals surface area (Å²) in [7, 11) is -1.82. The fourth-order valence-electron chi connectivity index (χ4n) is 1.57. The van der Waals surface area contributed by atoms with Gasteiger partial charge in [-0.15, -0.1) is 0 Å². The zero-order valence-corrected chi connectivity index (χ0v) is 14.3. The van der Waals surface area contributed by atoms with Crippen molar-refractivity contribution in [2.45, 2.75) is 64.2 Å². The van der Waals surface area contributed by atoms with Crippen molar-refractivity contribution in [3.63, 3.8) is 0 Å². The summed E-state index contributed by atoms with van der Waals surface area (Å²) in [6.07, 6.45) is 2.27. The Morgan fingerprint density at radius 3 is 2.30 bits per heavy atom. The highest BCUT2D eigenvalue weighted by Crippen LogP contribution is 2.36. The van der Waals surface area contributed by atoms with Gasteiger partial charge in [-0.1, -0.05) is 20.8 Å². The molecule has 116 valence electrons. The highest BCUT2D eigenvalue weighted by molar-refractivity contribution is 6.74. The van der Waals surface area contributed by atoms with Gasteiger partial charge in [-0.3, -0.25) is 9.59 Å². The molecular weight excluding hydrogens is 272 g/mol. The Morgan fingerprint density at radius 1 is 1.35 bits per heavy atom. The van der Waals surface area contributed by atoms with Gasteiger partial charge in [-0.2, -0.15) is 0 Å². The minimum absolute atomic E-state index is 0.0545. The molecule has 1 saturated carbocycles. The lowest BCUT2D eigenvalue weighted by Crippen LogP contribution is -2.47. The summed E-state index contributed by atoms with van der Waals surface area (Å²) in [5.74, 6) is -0.461. The molecule has 0 radical (unpaired) electrons. The SMILES string of the molecule is CC(C)(C)[Si](C)(C)OCC[C@H](NC(=O)C1CC1)C(N)=O. The Hall–Kier alpha value is -0.883. The fourth-order valence-corrected chi connectivity index (χ4v) is 2.63. The second-order valence-corrected chi connectivity index (χ2v) is 11.9. The van der Waals surface area contributed by atoms with Crippen molar-refractivity contribution < 1.29 is 14.0 Å². The maximum Gasteiger partial charge on any atom is 0.240 e. The maximum atomic E-state index is 11.7. The van der Waals surface area contributed by atoms with Crippen molar-refractivity contribution in [2.75, 3.05) is 6.61 Å². The van der Waals surface area contributed by atoms with Crippen molar-refractivity contribution >= 4 is 20.1 Å². The maximum absolute atomic E-state index is 11.7. The van der Waals surface area contributed by atoms with Crippen LogP contribution < -0.4 is 11.1 Å². The molecule has 5 nitrogen and oxygen atoms in total. The number of primary amides is 1. The molecule has 1 aliphatic carbocycles. The third kappa shape index (κ3) is 4.90. The first-order valence-corrected chi connectivity index (χ1v) is 10.2. The second kappa shape index (κ2) is 6.26. The first-order chi connectivity index (χ1) is 9.04. The number of nitrogens with one attached hydrogen (secondary N) is 1. The average molecular weight is 300 g/mol. The summed E-state index contributed by atoms with van der Waals surface area (Å²) in [6, 6.07) is -0.618. The average Bonchev–Trinajstić information content (AvgIpc) is 3.09. The Labute approximate surface area is 122 Å². The summed E-state index contributed by atoms with van der Waals surface area (Å²) < 4.78 is 6.01. The summed E-state index contributed by atoms with van der Waals surface area (Å²) >= 11 is 0. The monoisotopic (exact) mass is 300 g/mol. The first kappa shape index (κ1) is 17.2. The van der Waals surface area contributed by atoms with E-state index >= 15 is 0 Å². The van der Waals surface area contributed by atoms with Crippen LogP contribution in [0.2, 0.25) is 18.1 Å². The normalized spacial score (nSPS) is 17.6.